The molecule has 0 amide bonds. The van der Waals surface area contributed by atoms with Gasteiger partial charge in [0.15, 0.2) is 11.6 Å². The smallest absolute Gasteiger partial charge is 0.181 e. The average molecular weight is 403 g/mol. The van der Waals surface area contributed by atoms with E-state index < -0.39 is 0 Å². The van der Waals surface area contributed by atoms with Gasteiger partial charge in [0.25, 0.3) is 0 Å². The van der Waals surface area contributed by atoms with Crippen LogP contribution in [0.2, 0.25) is 0 Å². The van der Waals surface area contributed by atoms with Crippen molar-refractivity contribution in [1.29, 1.82) is 0 Å². The van der Waals surface area contributed by atoms with E-state index in [-0.39, 0.29) is 12.4 Å². The minimum absolute atomic E-state index is 0. The number of aromatic nitrogens is 3. The Morgan fingerprint density at radius 3 is 2.39 bits per heavy atom. The molecule has 0 fully saturated rings. The average Bonchev–Trinajstić information content (AvgIpc) is 3.10. The number of hydrogen-bond acceptors (Lipinski definition) is 5. The minimum atomic E-state index is 0. The van der Waals surface area contributed by atoms with Gasteiger partial charge in [-0.15, -0.1) is 12.4 Å². The molecule has 150 valence electrons. The molecule has 0 bridgehead atoms. The van der Waals surface area contributed by atoms with Gasteiger partial charge in [-0.05, 0) is 50.0 Å². The molecule has 6 nitrogen and oxygen atoms in total. The van der Waals surface area contributed by atoms with Crippen molar-refractivity contribution in [2.75, 3.05) is 34.9 Å². The van der Waals surface area contributed by atoms with E-state index in [0.29, 0.717) is 13.2 Å². The standard InChI is InChI=1S/C21H26N4O2.ClH/c1-24(2)15-16-6-5-7-18(14-16)20-22-21(25(23-20)12-13-26-3)17-8-10-19(27-4)11-9-17;/h5-11,14H,12-13,15H2,1-4H3;1H. The van der Waals surface area contributed by atoms with Crippen LogP contribution in [0.1, 0.15) is 5.56 Å². The second-order valence-corrected chi connectivity index (χ2v) is 6.64. The van der Waals surface area contributed by atoms with Crippen LogP contribution in [0.5, 0.6) is 5.75 Å². The minimum Gasteiger partial charge on any atom is -0.497 e. The first-order chi connectivity index (χ1) is 13.1. The fourth-order valence-electron chi connectivity index (χ4n) is 2.93. The lowest BCUT2D eigenvalue weighted by Crippen LogP contribution is -2.10. The zero-order valence-electron chi connectivity index (χ0n) is 16.8. The number of halogens is 1. The molecule has 0 N–H and O–H groups in total. The van der Waals surface area contributed by atoms with Gasteiger partial charge in [0.05, 0.1) is 20.3 Å². The summed E-state index contributed by atoms with van der Waals surface area (Å²) in [6.45, 7) is 2.10. The van der Waals surface area contributed by atoms with E-state index in [4.69, 9.17) is 19.6 Å². The lowest BCUT2D eigenvalue weighted by atomic mass is 10.1. The van der Waals surface area contributed by atoms with E-state index in [1.54, 1.807) is 14.2 Å². The molecule has 3 rings (SSSR count). The summed E-state index contributed by atoms with van der Waals surface area (Å²) in [6, 6.07) is 16.2. The highest BCUT2D eigenvalue weighted by Gasteiger charge is 2.14. The Morgan fingerprint density at radius 1 is 1.00 bits per heavy atom. The van der Waals surface area contributed by atoms with Crippen LogP contribution >= 0.6 is 12.4 Å². The Balaban J connectivity index is 0.00000280. The summed E-state index contributed by atoms with van der Waals surface area (Å²) >= 11 is 0. The molecule has 0 aliphatic carbocycles. The van der Waals surface area contributed by atoms with Gasteiger partial charge in [0, 0.05) is 24.8 Å². The molecule has 1 heterocycles. The van der Waals surface area contributed by atoms with Crippen LogP contribution in [-0.2, 0) is 17.8 Å². The second-order valence-electron chi connectivity index (χ2n) is 6.64. The topological polar surface area (TPSA) is 52.4 Å². The van der Waals surface area contributed by atoms with E-state index in [0.717, 1.165) is 35.1 Å². The van der Waals surface area contributed by atoms with Gasteiger partial charge in [-0.25, -0.2) is 9.67 Å². The summed E-state index contributed by atoms with van der Waals surface area (Å²) in [5, 5.41) is 4.74. The van der Waals surface area contributed by atoms with Crippen LogP contribution in [0.4, 0.5) is 0 Å². The highest BCUT2D eigenvalue weighted by molar-refractivity contribution is 5.85. The molecule has 0 aliphatic rings. The van der Waals surface area contributed by atoms with E-state index in [1.807, 2.05) is 35.0 Å². The highest BCUT2D eigenvalue weighted by atomic mass is 35.5. The molecule has 28 heavy (non-hydrogen) atoms. The van der Waals surface area contributed by atoms with E-state index in [2.05, 4.69) is 37.2 Å². The maximum atomic E-state index is 5.25. The van der Waals surface area contributed by atoms with Crippen molar-refractivity contribution in [1.82, 2.24) is 19.7 Å². The van der Waals surface area contributed by atoms with Crippen molar-refractivity contribution in [3.05, 3.63) is 54.1 Å². The van der Waals surface area contributed by atoms with E-state index >= 15 is 0 Å². The lowest BCUT2D eigenvalue weighted by Gasteiger charge is -2.09. The normalized spacial score (nSPS) is 10.8. The zero-order chi connectivity index (χ0) is 19.2. The van der Waals surface area contributed by atoms with Crippen LogP contribution in [0.3, 0.4) is 0 Å². The molecule has 0 radical (unpaired) electrons. The van der Waals surface area contributed by atoms with Crippen molar-refractivity contribution < 1.29 is 9.47 Å². The largest absolute Gasteiger partial charge is 0.497 e. The van der Waals surface area contributed by atoms with Gasteiger partial charge >= 0.3 is 0 Å². The first-order valence-corrected chi connectivity index (χ1v) is 8.93. The number of ether oxygens (including phenoxy) is 2. The number of benzene rings is 2. The second kappa shape index (κ2) is 10.2. The monoisotopic (exact) mass is 402 g/mol. The Labute approximate surface area is 172 Å². The van der Waals surface area contributed by atoms with Crippen molar-refractivity contribution >= 4 is 12.4 Å². The van der Waals surface area contributed by atoms with Crippen LogP contribution in [0.15, 0.2) is 48.5 Å². The molecule has 0 unspecified atom stereocenters. The fourth-order valence-corrected chi connectivity index (χ4v) is 2.93. The Morgan fingerprint density at radius 2 is 1.75 bits per heavy atom. The summed E-state index contributed by atoms with van der Waals surface area (Å²) < 4.78 is 12.4. The van der Waals surface area contributed by atoms with Crippen LogP contribution in [0, 0.1) is 0 Å². The van der Waals surface area contributed by atoms with Gasteiger partial charge < -0.3 is 14.4 Å². The third-order valence-corrected chi connectivity index (χ3v) is 4.21. The van der Waals surface area contributed by atoms with Crippen molar-refractivity contribution in [2.45, 2.75) is 13.1 Å². The van der Waals surface area contributed by atoms with Gasteiger partial charge in [0.2, 0.25) is 0 Å². The molecule has 3 aromatic rings. The predicted molar refractivity (Wildman–Crippen MR) is 114 cm³/mol. The van der Waals surface area contributed by atoms with Gasteiger partial charge in [0.1, 0.15) is 5.75 Å². The molecule has 2 aromatic carbocycles. The third-order valence-electron chi connectivity index (χ3n) is 4.21. The molecular weight excluding hydrogens is 376 g/mol. The summed E-state index contributed by atoms with van der Waals surface area (Å²) in [7, 11) is 7.48. The van der Waals surface area contributed by atoms with Gasteiger partial charge in [-0.1, -0.05) is 18.2 Å². The molecule has 1 aromatic heterocycles. The summed E-state index contributed by atoms with van der Waals surface area (Å²) in [4.78, 5) is 6.97. The number of methoxy groups -OCH3 is 2. The number of nitrogens with zero attached hydrogens (tertiary/aromatic N) is 4. The molecule has 0 saturated carbocycles. The Bertz CT molecular complexity index is 878. The molecule has 0 saturated heterocycles. The summed E-state index contributed by atoms with van der Waals surface area (Å²) in [5.41, 5.74) is 3.24. The molecule has 0 atom stereocenters. The lowest BCUT2D eigenvalue weighted by molar-refractivity contribution is 0.184. The van der Waals surface area contributed by atoms with Crippen molar-refractivity contribution in [3.8, 4) is 28.5 Å². The first-order valence-electron chi connectivity index (χ1n) is 8.93. The van der Waals surface area contributed by atoms with Crippen LogP contribution < -0.4 is 4.74 Å². The molecule has 0 aliphatic heterocycles. The zero-order valence-corrected chi connectivity index (χ0v) is 17.6. The first kappa shape index (κ1) is 21.9. The molecule has 7 heteroatoms. The Kier molecular flexibility index (Phi) is 7.99. The SMILES string of the molecule is COCCn1nc(-c2cccc(CN(C)C)c2)nc1-c1ccc(OC)cc1.Cl. The third kappa shape index (κ3) is 5.32. The maximum absolute atomic E-state index is 5.25. The highest BCUT2D eigenvalue weighted by Crippen LogP contribution is 2.25. The van der Waals surface area contributed by atoms with Crippen LogP contribution in [-0.4, -0.2) is 54.6 Å². The van der Waals surface area contributed by atoms with E-state index in [1.165, 1.54) is 5.56 Å². The van der Waals surface area contributed by atoms with Crippen molar-refractivity contribution in [3.63, 3.8) is 0 Å². The fraction of sp³-hybridized carbons (Fsp3) is 0.333. The number of rotatable bonds is 8. The van der Waals surface area contributed by atoms with Gasteiger partial charge in [-0.2, -0.15) is 5.10 Å². The molecular formula is C21H27ClN4O2. The quantitative estimate of drug-likeness (QED) is 0.574. The summed E-state index contributed by atoms with van der Waals surface area (Å²) in [5.74, 6) is 2.36. The predicted octanol–water partition coefficient (Wildman–Crippen LogP) is 3.75. The van der Waals surface area contributed by atoms with Crippen LogP contribution in [0.25, 0.3) is 22.8 Å². The van der Waals surface area contributed by atoms with Crippen molar-refractivity contribution in [2.24, 2.45) is 0 Å². The summed E-state index contributed by atoms with van der Waals surface area (Å²) in [6.07, 6.45) is 0. The number of hydrogen-bond donors (Lipinski definition) is 0. The Hall–Kier alpha value is -2.41. The molecule has 0 spiro atoms. The van der Waals surface area contributed by atoms with Gasteiger partial charge in [-0.3, -0.25) is 0 Å². The van der Waals surface area contributed by atoms with E-state index in [9.17, 15) is 0 Å². The maximum Gasteiger partial charge on any atom is 0.181 e.